The Kier molecular flexibility index (Phi) is 3.78. The zero-order valence-electron chi connectivity index (χ0n) is 9.01. The minimum absolute atomic E-state index is 0.0277. The summed E-state index contributed by atoms with van der Waals surface area (Å²) in [4.78, 5) is 0. The highest BCUT2D eigenvalue weighted by Gasteiger charge is 2.35. The average molecular weight is 255 g/mol. The van der Waals surface area contributed by atoms with Crippen LogP contribution >= 0.6 is 0 Å². The summed E-state index contributed by atoms with van der Waals surface area (Å²) in [5.41, 5.74) is 0. The van der Waals surface area contributed by atoms with Crippen molar-refractivity contribution in [2.45, 2.75) is 25.8 Å². The SMILES string of the molecule is CCCN(C1CCS(=O)(=O)C1)S(C)(=O)=O. The highest BCUT2D eigenvalue weighted by Crippen LogP contribution is 2.20. The van der Waals surface area contributed by atoms with Crippen molar-refractivity contribution in [1.29, 1.82) is 0 Å². The molecule has 1 unspecified atom stereocenters. The molecule has 0 radical (unpaired) electrons. The average Bonchev–Trinajstić information content (AvgIpc) is 2.39. The summed E-state index contributed by atoms with van der Waals surface area (Å²) in [6.07, 6.45) is 2.26. The van der Waals surface area contributed by atoms with Gasteiger partial charge >= 0.3 is 0 Å². The van der Waals surface area contributed by atoms with Crippen molar-refractivity contribution in [1.82, 2.24) is 4.31 Å². The minimum Gasteiger partial charge on any atom is -0.229 e. The van der Waals surface area contributed by atoms with Gasteiger partial charge in [-0.15, -0.1) is 0 Å². The molecule has 0 spiro atoms. The molecule has 0 aliphatic carbocycles. The van der Waals surface area contributed by atoms with Gasteiger partial charge in [0.1, 0.15) is 0 Å². The molecule has 15 heavy (non-hydrogen) atoms. The summed E-state index contributed by atoms with van der Waals surface area (Å²) in [5.74, 6) is 0.0769. The maximum Gasteiger partial charge on any atom is 0.211 e. The maximum atomic E-state index is 11.5. The Bertz CT molecular complexity index is 412. The Morgan fingerprint density at radius 1 is 1.40 bits per heavy atom. The standard InChI is InChI=1S/C8H17NO4S2/c1-3-5-9(14(2,10)11)8-4-6-15(12,13)7-8/h8H,3-7H2,1-2H3. The van der Waals surface area contributed by atoms with Gasteiger partial charge in [0.05, 0.1) is 17.8 Å². The molecule has 1 atom stereocenters. The molecule has 0 bridgehead atoms. The fourth-order valence-corrected chi connectivity index (χ4v) is 4.90. The van der Waals surface area contributed by atoms with Crippen LogP contribution in [0.2, 0.25) is 0 Å². The second-order valence-corrected chi connectivity index (χ2v) is 8.09. The van der Waals surface area contributed by atoms with E-state index in [0.29, 0.717) is 19.4 Å². The third-order valence-corrected chi connectivity index (χ3v) is 5.57. The van der Waals surface area contributed by atoms with Gasteiger partial charge in [-0.3, -0.25) is 0 Å². The number of sulfonamides is 1. The molecule has 0 N–H and O–H groups in total. The highest BCUT2D eigenvalue weighted by atomic mass is 32.2. The van der Waals surface area contributed by atoms with Gasteiger partial charge < -0.3 is 0 Å². The van der Waals surface area contributed by atoms with E-state index in [0.717, 1.165) is 6.26 Å². The zero-order chi connectivity index (χ0) is 11.7. The van der Waals surface area contributed by atoms with Crippen LogP contribution in [0, 0.1) is 0 Å². The summed E-state index contributed by atoms with van der Waals surface area (Å²) in [6, 6.07) is -0.357. The van der Waals surface area contributed by atoms with E-state index >= 15 is 0 Å². The normalized spacial score (nSPS) is 25.9. The van der Waals surface area contributed by atoms with Crippen molar-refractivity contribution in [3.8, 4) is 0 Å². The summed E-state index contributed by atoms with van der Waals surface area (Å²) >= 11 is 0. The number of hydrogen-bond acceptors (Lipinski definition) is 4. The molecule has 1 aliphatic heterocycles. The largest absolute Gasteiger partial charge is 0.229 e. The first kappa shape index (κ1) is 12.9. The molecule has 0 saturated carbocycles. The molecule has 5 nitrogen and oxygen atoms in total. The molecule has 1 aliphatic rings. The smallest absolute Gasteiger partial charge is 0.211 e. The van der Waals surface area contributed by atoms with Gasteiger partial charge in [0, 0.05) is 12.6 Å². The second-order valence-electron chi connectivity index (χ2n) is 3.93. The first-order valence-corrected chi connectivity index (χ1v) is 8.60. The molecule has 1 fully saturated rings. The van der Waals surface area contributed by atoms with E-state index in [4.69, 9.17) is 0 Å². The predicted molar refractivity (Wildman–Crippen MR) is 58.9 cm³/mol. The Morgan fingerprint density at radius 2 is 2.00 bits per heavy atom. The molecule has 7 heteroatoms. The number of nitrogens with zero attached hydrogens (tertiary/aromatic N) is 1. The van der Waals surface area contributed by atoms with Crippen molar-refractivity contribution in [3.05, 3.63) is 0 Å². The van der Waals surface area contributed by atoms with Crippen LogP contribution in [0.5, 0.6) is 0 Å². The van der Waals surface area contributed by atoms with E-state index in [2.05, 4.69) is 0 Å². The van der Waals surface area contributed by atoms with E-state index in [-0.39, 0.29) is 17.5 Å². The number of hydrogen-bond donors (Lipinski definition) is 0. The van der Waals surface area contributed by atoms with Crippen molar-refractivity contribution < 1.29 is 16.8 Å². The lowest BCUT2D eigenvalue weighted by Crippen LogP contribution is -2.40. The van der Waals surface area contributed by atoms with E-state index in [9.17, 15) is 16.8 Å². The molecular formula is C8H17NO4S2. The first-order chi connectivity index (χ1) is 6.76. The van der Waals surface area contributed by atoms with Gasteiger partial charge in [0.2, 0.25) is 10.0 Å². The quantitative estimate of drug-likeness (QED) is 0.700. The van der Waals surface area contributed by atoms with Crippen LogP contribution in [0.25, 0.3) is 0 Å². The van der Waals surface area contributed by atoms with Gasteiger partial charge in [0.25, 0.3) is 0 Å². The predicted octanol–water partition coefficient (Wildman–Crippen LogP) is -0.155. The van der Waals surface area contributed by atoms with Crippen molar-refractivity contribution in [2.24, 2.45) is 0 Å². The van der Waals surface area contributed by atoms with Gasteiger partial charge in [-0.05, 0) is 12.8 Å². The van der Waals surface area contributed by atoms with Gasteiger partial charge in [-0.2, -0.15) is 4.31 Å². The van der Waals surface area contributed by atoms with Crippen LogP contribution in [0.15, 0.2) is 0 Å². The van der Waals surface area contributed by atoms with Crippen molar-refractivity contribution >= 4 is 19.9 Å². The minimum atomic E-state index is -3.29. The molecule has 0 aromatic rings. The first-order valence-electron chi connectivity index (χ1n) is 4.93. The van der Waals surface area contributed by atoms with Crippen molar-refractivity contribution in [2.75, 3.05) is 24.3 Å². The third-order valence-electron chi connectivity index (χ3n) is 2.49. The fraction of sp³-hybridized carbons (Fsp3) is 1.00. The maximum absolute atomic E-state index is 11.5. The highest BCUT2D eigenvalue weighted by molar-refractivity contribution is 7.92. The molecule has 0 aromatic carbocycles. The van der Waals surface area contributed by atoms with Crippen LogP contribution in [0.3, 0.4) is 0 Å². The summed E-state index contributed by atoms with van der Waals surface area (Å²) in [5, 5.41) is 0. The van der Waals surface area contributed by atoms with Crippen LogP contribution in [-0.4, -0.2) is 51.5 Å². The topological polar surface area (TPSA) is 71.5 Å². The van der Waals surface area contributed by atoms with E-state index < -0.39 is 19.9 Å². The van der Waals surface area contributed by atoms with Crippen LogP contribution in [0.1, 0.15) is 19.8 Å². The lowest BCUT2D eigenvalue weighted by atomic mass is 10.2. The third kappa shape index (κ3) is 3.42. The Balaban J connectivity index is 2.84. The molecule has 0 aromatic heterocycles. The Hall–Kier alpha value is -0.140. The Labute approximate surface area is 91.4 Å². The van der Waals surface area contributed by atoms with Crippen LogP contribution < -0.4 is 0 Å². The lowest BCUT2D eigenvalue weighted by Gasteiger charge is -2.24. The van der Waals surface area contributed by atoms with Gasteiger partial charge in [-0.1, -0.05) is 6.92 Å². The number of rotatable bonds is 4. The summed E-state index contributed by atoms with van der Waals surface area (Å²) in [6.45, 7) is 2.28. The Morgan fingerprint density at radius 3 is 2.33 bits per heavy atom. The van der Waals surface area contributed by atoms with Crippen LogP contribution in [0.4, 0.5) is 0 Å². The fourth-order valence-electron chi connectivity index (χ4n) is 1.84. The summed E-state index contributed by atoms with van der Waals surface area (Å²) < 4.78 is 46.7. The van der Waals surface area contributed by atoms with Crippen molar-refractivity contribution in [3.63, 3.8) is 0 Å². The second kappa shape index (κ2) is 4.39. The molecule has 1 heterocycles. The van der Waals surface area contributed by atoms with E-state index in [1.807, 2.05) is 6.92 Å². The lowest BCUT2D eigenvalue weighted by molar-refractivity contribution is 0.343. The van der Waals surface area contributed by atoms with Crippen LogP contribution in [-0.2, 0) is 19.9 Å². The van der Waals surface area contributed by atoms with E-state index in [1.165, 1.54) is 4.31 Å². The zero-order valence-corrected chi connectivity index (χ0v) is 10.6. The van der Waals surface area contributed by atoms with Gasteiger partial charge in [-0.25, -0.2) is 16.8 Å². The molecular weight excluding hydrogens is 238 g/mol. The molecule has 1 rings (SSSR count). The molecule has 1 saturated heterocycles. The number of sulfone groups is 1. The summed E-state index contributed by atoms with van der Waals surface area (Å²) in [7, 11) is -6.32. The van der Waals surface area contributed by atoms with Gasteiger partial charge in [0.15, 0.2) is 9.84 Å². The monoisotopic (exact) mass is 255 g/mol. The molecule has 90 valence electrons. The molecule has 0 amide bonds. The van der Waals surface area contributed by atoms with E-state index in [1.54, 1.807) is 0 Å².